The second-order valence-electron chi connectivity index (χ2n) is 4.91. The first-order valence-corrected chi connectivity index (χ1v) is 7.74. The predicted octanol–water partition coefficient (Wildman–Crippen LogP) is 2.66. The van der Waals surface area contributed by atoms with Crippen molar-refractivity contribution in [1.82, 2.24) is 0 Å². The van der Waals surface area contributed by atoms with Crippen LogP contribution in [0, 0.1) is 0 Å². The Kier molecular flexibility index (Phi) is 4.58. The third kappa shape index (κ3) is 3.34. The Bertz CT molecular complexity index is 469. The lowest BCUT2D eigenvalue weighted by molar-refractivity contribution is 0.414. The summed E-state index contributed by atoms with van der Waals surface area (Å²) in [5, 5.41) is 1.21. The lowest BCUT2D eigenvalue weighted by atomic mass is 10.1. The van der Waals surface area contributed by atoms with E-state index in [1.54, 1.807) is 7.11 Å². The number of hydrogen-bond acceptors (Lipinski definition) is 4. The van der Waals surface area contributed by atoms with Crippen molar-refractivity contribution in [2.75, 3.05) is 25.1 Å². The zero-order valence-electron chi connectivity index (χ0n) is 11.6. The molecule has 1 saturated heterocycles. The molecule has 0 bridgehead atoms. The second-order valence-corrected chi connectivity index (χ2v) is 7.23. The molecule has 0 spiro atoms. The third-order valence-electron chi connectivity index (χ3n) is 3.23. The van der Waals surface area contributed by atoms with Gasteiger partial charge >= 0.3 is 0 Å². The molecule has 3 nitrogen and oxygen atoms in total. The average molecular weight is 296 g/mol. The minimum atomic E-state index is 0.441. The number of benzene rings is 1. The Labute approximate surface area is 124 Å². The topological polar surface area (TPSA) is 38.5 Å². The van der Waals surface area contributed by atoms with Gasteiger partial charge in [-0.1, -0.05) is 26.1 Å². The molecule has 0 amide bonds. The number of rotatable bonds is 3. The summed E-state index contributed by atoms with van der Waals surface area (Å²) in [5.41, 5.74) is 7.86. The van der Waals surface area contributed by atoms with Crippen LogP contribution in [0.5, 0.6) is 5.75 Å². The van der Waals surface area contributed by atoms with Gasteiger partial charge in [0.2, 0.25) is 0 Å². The number of anilines is 1. The van der Waals surface area contributed by atoms with Gasteiger partial charge in [-0.25, -0.2) is 0 Å². The molecule has 0 saturated carbocycles. The summed E-state index contributed by atoms with van der Waals surface area (Å²) in [5.74, 6) is 0.841. The fraction of sp³-hybridized carbons (Fsp3) is 0.500. The van der Waals surface area contributed by atoms with Gasteiger partial charge in [-0.05, 0) is 12.1 Å². The molecule has 2 N–H and O–H groups in total. The number of methoxy groups -OCH3 is 1. The van der Waals surface area contributed by atoms with E-state index in [-0.39, 0.29) is 0 Å². The van der Waals surface area contributed by atoms with Gasteiger partial charge in [0.15, 0.2) is 0 Å². The van der Waals surface area contributed by atoms with Crippen molar-refractivity contribution in [3.05, 3.63) is 23.8 Å². The molecule has 1 aromatic carbocycles. The first kappa shape index (κ1) is 14.5. The number of thiocarbonyl (C=S) groups is 1. The fourth-order valence-corrected chi connectivity index (χ4v) is 3.98. The highest BCUT2D eigenvalue weighted by atomic mass is 32.2. The zero-order valence-corrected chi connectivity index (χ0v) is 13.2. The van der Waals surface area contributed by atoms with Crippen molar-refractivity contribution in [1.29, 1.82) is 0 Å². The van der Waals surface area contributed by atoms with Crippen LogP contribution in [0.15, 0.2) is 18.2 Å². The second kappa shape index (κ2) is 6.01. The summed E-state index contributed by atoms with van der Waals surface area (Å²) in [6.45, 7) is 6.54. The first-order valence-electron chi connectivity index (χ1n) is 6.39. The average Bonchev–Trinajstić information content (AvgIpc) is 2.36. The van der Waals surface area contributed by atoms with Gasteiger partial charge in [-0.15, -0.1) is 0 Å². The maximum atomic E-state index is 5.84. The lowest BCUT2D eigenvalue weighted by Crippen LogP contribution is -2.41. The molecule has 1 aromatic rings. The van der Waals surface area contributed by atoms with E-state index in [1.165, 1.54) is 0 Å². The molecule has 104 valence electrons. The highest BCUT2D eigenvalue weighted by molar-refractivity contribution is 8.00. The standard InChI is InChI=1S/C14H20N2OS2/c1-9-7-16(8-10(2)19-9)13-6-11(17-3)4-5-12(13)14(15)18/h4-6,9-10H,7-8H2,1-3H3,(H2,15,18). The van der Waals surface area contributed by atoms with Crippen LogP contribution in [0.1, 0.15) is 19.4 Å². The lowest BCUT2D eigenvalue weighted by Gasteiger charge is -2.37. The van der Waals surface area contributed by atoms with Gasteiger partial charge in [0.05, 0.1) is 12.8 Å². The molecule has 2 rings (SSSR count). The molecule has 1 aliphatic heterocycles. The predicted molar refractivity (Wildman–Crippen MR) is 87.6 cm³/mol. The van der Waals surface area contributed by atoms with Crippen LogP contribution in [0.2, 0.25) is 0 Å². The SMILES string of the molecule is COc1ccc(C(N)=S)c(N2CC(C)SC(C)C2)c1. The quantitative estimate of drug-likeness (QED) is 0.868. The summed E-state index contributed by atoms with van der Waals surface area (Å²) in [6, 6.07) is 5.89. The summed E-state index contributed by atoms with van der Waals surface area (Å²) in [7, 11) is 1.68. The maximum Gasteiger partial charge on any atom is 0.120 e. The van der Waals surface area contributed by atoms with Gasteiger partial charge in [-0.3, -0.25) is 0 Å². The molecular formula is C14H20N2OS2. The van der Waals surface area contributed by atoms with Crippen LogP contribution in [0.3, 0.4) is 0 Å². The van der Waals surface area contributed by atoms with Gasteiger partial charge in [0.1, 0.15) is 10.7 Å². The molecule has 0 radical (unpaired) electrons. The minimum absolute atomic E-state index is 0.441. The van der Waals surface area contributed by atoms with Crippen molar-refractivity contribution in [3.8, 4) is 5.75 Å². The summed E-state index contributed by atoms with van der Waals surface area (Å²) >= 11 is 7.19. The summed E-state index contributed by atoms with van der Waals surface area (Å²) in [4.78, 5) is 2.80. The van der Waals surface area contributed by atoms with Crippen molar-refractivity contribution in [2.45, 2.75) is 24.3 Å². The fourth-order valence-electron chi connectivity index (χ4n) is 2.48. The summed E-state index contributed by atoms with van der Waals surface area (Å²) < 4.78 is 5.32. The Hall–Kier alpha value is -0.940. The van der Waals surface area contributed by atoms with Crippen LogP contribution < -0.4 is 15.4 Å². The van der Waals surface area contributed by atoms with Gasteiger partial charge in [-0.2, -0.15) is 11.8 Å². The van der Waals surface area contributed by atoms with Gasteiger partial charge in [0, 0.05) is 35.2 Å². The Morgan fingerprint density at radius 1 is 1.37 bits per heavy atom. The Morgan fingerprint density at radius 3 is 2.53 bits per heavy atom. The molecular weight excluding hydrogens is 276 g/mol. The molecule has 19 heavy (non-hydrogen) atoms. The minimum Gasteiger partial charge on any atom is -0.497 e. The van der Waals surface area contributed by atoms with E-state index in [2.05, 4.69) is 18.7 Å². The number of hydrogen-bond donors (Lipinski definition) is 1. The number of nitrogens with two attached hydrogens (primary N) is 1. The van der Waals surface area contributed by atoms with E-state index in [9.17, 15) is 0 Å². The molecule has 1 aliphatic rings. The van der Waals surface area contributed by atoms with Crippen molar-refractivity contribution in [3.63, 3.8) is 0 Å². The third-order valence-corrected chi connectivity index (χ3v) is 4.68. The van der Waals surface area contributed by atoms with E-state index in [4.69, 9.17) is 22.7 Å². The molecule has 0 aliphatic carbocycles. The van der Waals surface area contributed by atoms with Crippen molar-refractivity contribution < 1.29 is 4.74 Å². The molecule has 1 heterocycles. The highest BCUT2D eigenvalue weighted by Crippen LogP contribution is 2.32. The number of nitrogens with zero attached hydrogens (tertiary/aromatic N) is 1. The van der Waals surface area contributed by atoms with E-state index in [1.807, 2.05) is 30.0 Å². The summed E-state index contributed by atoms with van der Waals surface area (Å²) in [6.07, 6.45) is 0. The smallest absolute Gasteiger partial charge is 0.120 e. The van der Waals surface area contributed by atoms with Crippen LogP contribution in [0.25, 0.3) is 0 Å². The first-order chi connectivity index (χ1) is 9.01. The number of ether oxygens (including phenoxy) is 1. The normalized spacial score (nSPS) is 23.2. The van der Waals surface area contributed by atoms with Crippen molar-refractivity contribution in [2.24, 2.45) is 5.73 Å². The largest absolute Gasteiger partial charge is 0.497 e. The van der Waals surface area contributed by atoms with Gasteiger partial charge < -0.3 is 15.4 Å². The van der Waals surface area contributed by atoms with Crippen LogP contribution in [-0.2, 0) is 0 Å². The molecule has 2 unspecified atom stereocenters. The zero-order chi connectivity index (χ0) is 14.0. The molecule has 1 fully saturated rings. The van der Waals surface area contributed by atoms with E-state index < -0.39 is 0 Å². The Balaban J connectivity index is 2.38. The monoisotopic (exact) mass is 296 g/mol. The highest BCUT2D eigenvalue weighted by Gasteiger charge is 2.24. The van der Waals surface area contributed by atoms with Crippen molar-refractivity contribution >= 4 is 34.7 Å². The molecule has 5 heteroatoms. The Morgan fingerprint density at radius 2 is 2.00 bits per heavy atom. The maximum absolute atomic E-state index is 5.84. The van der Waals surface area contributed by atoms with E-state index in [0.717, 1.165) is 30.1 Å². The van der Waals surface area contributed by atoms with Gasteiger partial charge in [0.25, 0.3) is 0 Å². The molecule has 2 atom stereocenters. The van der Waals surface area contributed by atoms with Crippen LogP contribution >= 0.6 is 24.0 Å². The van der Waals surface area contributed by atoms with Crippen LogP contribution in [-0.4, -0.2) is 35.7 Å². The van der Waals surface area contributed by atoms with E-state index >= 15 is 0 Å². The number of thioether (sulfide) groups is 1. The molecule has 0 aromatic heterocycles. The van der Waals surface area contributed by atoms with E-state index in [0.29, 0.717) is 15.5 Å². The van der Waals surface area contributed by atoms with Crippen LogP contribution in [0.4, 0.5) is 5.69 Å².